The number of carbonyl (C=O) groups excluding carboxylic acids is 1. The normalized spacial score (nSPS) is 10.9. The largest absolute Gasteiger partial charge is 0.326 e. The van der Waals surface area contributed by atoms with Crippen LogP contribution in [0.4, 0.5) is 11.4 Å². The predicted octanol–water partition coefficient (Wildman–Crippen LogP) is 4.74. The summed E-state index contributed by atoms with van der Waals surface area (Å²) in [7, 11) is 0. The first-order chi connectivity index (χ1) is 13.5. The lowest BCUT2D eigenvalue weighted by Crippen LogP contribution is -2.05. The smallest absolute Gasteiger partial charge is 0.269 e. The summed E-state index contributed by atoms with van der Waals surface area (Å²) in [6.45, 7) is 1.44. The number of hydrogen-bond donors (Lipinski definition) is 1. The number of allylic oxidation sites excluding steroid dienone is 1. The second-order valence-corrected chi connectivity index (χ2v) is 6.67. The molecule has 0 spiro atoms. The van der Waals surface area contributed by atoms with Gasteiger partial charge in [-0.25, -0.2) is 4.98 Å². The van der Waals surface area contributed by atoms with Gasteiger partial charge in [0, 0.05) is 35.7 Å². The molecule has 0 saturated heterocycles. The van der Waals surface area contributed by atoms with Crippen molar-refractivity contribution in [3.8, 4) is 17.3 Å². The molecule has 0 aliphatic heterocycles. The average molecular weight is 390 g/mol. The molecule has 1 aromatic heterocycles. The Labute approximate surface area is 164 Å². The summed E-state index contributed by atoms with van der Waals surface area (Å²) in [4.78, 5) is 25.9. The van der Waals surface area contributed by atoms with Gasteiger partial charge in [-0.1, -0.05) is 12.1 Å². The summed E-state index contributed by atoms with van der Waals surface area (Å²) in [5.74, 6) is -0.150. The summed E-state index contributed by atoms with van der Waals surface area (Å²) in [5.41, 5.74) is 3.29. The van der Waals surface area contributed by atoms with Gasteiger partial charge < -0.3 is 5.32 Å². The molecule has 28 heavy (non-hydrogen) atoms. The van der Waals surface area contributed by atoms with Crippen LogP contribution < -0.4 is 5.32 Å². The lowest BCUT2D eigenvalue weighted by atomic mass is 10.1. The molecule has 1 heterocycles. The van der Waals surface area contributed by atoms with E-state index >= 15 is 0 Å². The second-order valence-electron chi connectivity index (χ2n) is 5.81. The van der Waals surface area contributed by atoms with Crippen LogP contribution in [0.25, 0.3) is 22.9 Å². The van der Waals surface area contributed by atoms with Gasteiger partial charge in [0.15, 0.2) is 0 Å². The number of benzene rings is 2. The van der Waals surface area contributed by atoms with E-state index in [0.29, 0.717) is 22.0 Å². The number of hydrogen-bond acceptors (Lipinski definition) is 6. The highest BCUT2D eigenvalue weighted by atomic mass is 32.1. The summed E-state index contributed by atoms with van der Waals surface area (Å²) in [5, 5.41) is 25.3. The monoisotopic (exact) mass is 390 g/mol. The van der Waals surface area contributed by atoms with Gasteiger partial charge in [-0.2, -0.15) is 5.26 Å². The van der Waals surface area contributed by atoms with Crippen LogP contribution >= 0.6 is 11.3 Å². The van der Waals surface area contributed by atoms with Gasteiger partial charge in [0.2, 0.25) is 5.91 Å². The van der Waals surface area contributed by atoms with E-state index in [0.717, 1.165) is 11.1 Å². The number of non-ortho nitro benzene ring substituents is 1. The summed E-state index contributed by atoms with van der Waals surface area (Å²) < 4.78 is 0. The fourth-order valence-electron chi connectivity index (χ4n) is 2.46. The maximum absolute atomic E-state index is 11.1. The molecule has 138 valence electrons. The first-order valence-corrected chi connectivity index (χ1v) is 9.04. The van der Waals surface area contributed by atoms with Crippen molar-refractivity contribution in [3.05, 3.63) is 74.6 Å². The Morgan fingerprint density at radius 2 is 1.89 bits per heavy atom. The summed E-state index contributed by atoms with van der Waals surface area (Å²) in [6.07, 6.45) is 1.72. The molecule has 0 bridgehead atoms. The van der Waals surface area contributed by atoms with Crippen LogP contribution in [0, 0.1) is 21.4 Å². The van der Waals surface area contributed by atoms with Crippen molar-refractivity contribution in [2.45, 2.75) is 6.92 Å². The number of aromatic nitrogens is 1. The third-order valence-corrected chi connectivity index (χ3v) is 4.65. The third-order valence-electron chi connectivity index (χ3n) is 3.77. The van der Waals surface area contributed by atoms with Gasteiger partial charge in [-0.15, -0.1) is 11.3 Å². The lowest BCUT2D eigenvalue weighted by Gasteiger charge is -2.02. The maximum Gasteiger partial charge on any atom is 0.269 e. The van der Waals surface area contributed by atoms with E-state index in [9.17, 15) is 20.2 Å². The van der Waals surface area contributed by atoms with Gasteiger partial charge >= 0.3 is 0 Å². The van der Waals surface area contributed by atoms with Gasteiger partial charge in [0.25, 0.3) is 5.69 Å². The van der Waals surface area contributed by atoms with Gasteiger partial charge in [0.05, 0.1) is 16.2 Å². The van der Waals surface area contributed by atoms with Crippen molar-refractivity contribution in [2.24, 2.45) is 0 Å². The standard InChI is InChI=1S/C20H14N4O3S/c1-13(25)22-17-6-2-14(3-7-17)10-16(11-21)20-23-19(12-28-20)15-4-8-18(9-5-15)24(26)27/h2-10,12H,1H3,(H,22,25). The van der Waals surface area contributed by atoms with E-state index < -0.39 is 4.92 Å². The molecule has 0 radical (unpaired) electrons. The minimum Gasteiger partial charge on any atom is -0.326 e. The van der Waals surface area contributed by atoms with E-state index in [1.54, 1.807) is 42.5 Å². The van der Waals surface area contributed by atoms with Crippen LogP contribution in [0.2, 0.25) is 0 Å². The Kier molecular flexibility index (Phi) is 5.58. The number of nitrogens with zero attached hydrogens (tertiary/aromatic N) is 3. The number of rotatable bonds is 5. The zero-order valence-corrected chi connectivity index (χ0v) is 15.6. The van der Waals surface area contributed by atoms with Crippen LogP contribution in [-0.4, -0.2) is 15.8 Å². The van der Waals surface area contributed by atoms with Gasteiger partial charge in [-0.05, 0) is 35.9 Å². The molecule has 0 aliphatic carbocycles. The average Bonchev–Trinajstić information content (AvgIpc) is 3.17. The molecule has 0 aliphatic rings. The Balaban J connectivity index is 1.83. The molecule has 3 aromatic rings. The van der Waals surface area contributed by atoms with E-state index in [2.05, 4.69) is 16.4 Å². The van der Waals surface area contributed by atoms with E-state index in [-0.39, 0.29) is 11.6 Å². The quantitative estimate of drug-likeness (QED) is 0.384. The van der Waals surface area contributed by atoms with Crippen molar-refractivity contribution in [1.29, 1.82) is 5.26 Å². The SMILES string of the molecule is CC(=O)Nc1ccc(C=C(C#N)c2nc(-c3ccc([N+](=O)[O-])cc3)cs2)cc1. The highest BCUT2D eigenvalue weighted by Crippen LogP contribution is 2.28. The molecule has 0 fully saturated rings. The fraction of sp³-hybridized carbons (Fsp3) is 0.0500. The van der Waals surface area contributed by atoms with E-state index in [1.165, 1.54) is 30.4 Å². The number of nitriles is 1. The Hall–Kier alpha value is -3.83. The zero-order valence-electron chi connectivity index (χ0n) is 14.7. The number of nitro benzene ring substituents is 1. The number of thiazole rings is 1. The molecular formula is C20H14N4O3S. The highest BCUT2D eigenvalue weighted by Gasteiger charge is 2.11. The van der Waals surface area contributed by atoms with Crippen molar-refractivity contribution in [1.82, 2.24) is 4.98 Å². The van der Waals surface area contributed by atoms with Crippen molar-refractivity contribution in [3.63, 3.8) is 0 Å². The number of anilines is 1. The third kappa shape index (κ3) is 4.47. The predicted molar refractivity (Wildman–Crippen MR) is 108 cm³/mol. The summed E-state index contributed by atoms with van der Waals surface area (Å²) >= 11 is 1.33. The molecule has 0 unspecified atom stereocenters. The molecular weight excluding hydrogens is 376 g/mol. The topological polar surface area (TPSA) is 109 Å². The Morgan fingerprint density at radius 1 is 1.21 bits per heavy atom. The second kappa shape index (κ2) is 8.24. The first kappa shape index (κ1) is 18.9. The molecule has 3 rings (SSSR count). The van der Waals surface area contributed by atoms with Crippen LogP contribution in [0.1, 0.15) is 17.5 Å². The molecule has 0 atom stereocenters. The fourth-order valence-corrected chi connectivity index (χ4v) is 3.25. The molecule has 8 heteroatoms. The Morgan fingerprint density at radius 3 is 2.46 bits per heavy atom. The Bertz CT molecular complexity index is 1090. The lowest BCUT2D eigenvalue weighted by molar-refractivity contribution is -0.384. The molecule has 1 amide bonds. The van der Waals surface area contributed by atoms with Crippen molar-refractivity contribution >= 4 is 40.3 Å². The maximum atomic E-state index is 11.1. The minimum atomic E-state index is -0.454. The van der Waals surface area contributed by atoms with Crippen LogP contribution in [0.15, 0.2) is 53.9 Å². The van der Waals surface area contributed by atoms with E-state index in [4.69, 9.17) is 0 Å². The summed E-state index contributed by atoms with van der Waals surface area (Å²) in [6, 6.07) is 15.4. The number of amides is 1. The van der Waals surface area contributed by atoms with Crippen LogP contribution in [0.5, 0.6) is 0 Å². The number of nitro groups is 1. The highest BCUT2D eigenvalue weighted by molar-refractivity contribution is 7.11. The molecule has 1 N–H and O–H groups in total. The number of carbonyl (C=O) groups is 1. The van der Waals surface area contributed by atoms with Crippen molar-refractivity contribution < 1.29 is 9.72 Å². The molecule has 0 saturated carbocycles. The van der Waals surface area contributed by atoms with Crippen LogP contribution in [0.3, 0.4) is 0 Å². The number of nitrogens with one attached hydrogen (secondary N) is 1. The van der Waals surface area contributed by atoms with Gasteiger partial charge in [0.1, 0.15) is 11.1 Å². The minimum absolute atomic E-state index is 0.0134. The van der Waals surface area contributed by atoms with E-state index in [1.807, 2.05) is 5.38 Å². The zero-order chi connectivity index (χ0) is 20.1. The molecule has 2 aromatic carbocycles. The van der Waals surface area contributed by atoms with Gasteiger partial charge in [-0.3, -0.25) is 14.9 Å². The van der Waals surface area contributed by atoms with Crippen molar-refractivity contribution in [2.75, 3.05) is 5.32 Å². The first-order valence-electron chi connectivity index (χ1n) is 8.16. The van der Waals surface area contributed by atoms with Crippen LogP contribution in [-0.2, 0) is 4.79 Å². The molecule has 7 nitrogen and oxygen atoms in total.